The number of carbonyl (C=O) groups is 2. The van der Waals surface area contributed by atoms with E-state index >= 15 is 0 Å². The van der Waals surface area contributed by atoms with E-state index in [2.05, 4.69) is 10.2 Å². The third-order valence-corrected chi connectivity index (χ3v) is 4.26. The number of hydrogen-bond acceptors (Lipinski definition) is 4. The van der Waals surface area contributed by atoms with Gasteiger partial charge in [0.1, 0.15) is 11.9 Å². The van der Waals surface area contributed by atoms with E-state index in [0.29, 0.717) is 0 Å². The molecule has 1 aromatic rings. The molecule has 1 aliphatic heterocycles. The summed E-state index contributed by atoms with van der Waals surface area (Å²) < 4.78 is 17.6. The van der Waals surface area contributed by atoms with Crippen LogP contribution >= 0.6 is 0 Å². The number of rotatable bonds is 5. The first-order valence-corrected chi connectivity index (χ1v) is 7.85. The van der Waals surface area contributed by atoms with Gasteiger partial charge in [0.05, 0.1) is 13.5 Å². The third kappa shape index (κ3) is 5.03. The van der Waals surface area contributed by atoms with Gasteiger partial charge in [-0.2, -0.15) is 0 Å². The number of hydrogen-bond donors (Lipinski definition) is 1. The molecule has 0 aliphatic carbocycles. The monoisotopic (exact) mass is 322 g/mol. The van der Waals surface area contributed by atoms with Crippen LogP contribution in [0.5, 0.6) is 0 Å². The minimum absolute atomic E-state index is 0.0592. The van der Waals surface area contributed by atoms with Crippen LogP contribution < -0.4 is 5.32 Å². The number of likely N-dealkylation sites (tertiary alicyclic amines) is 1. The van der Waals surface area contributed by atoms with Crippen molar-refractivity contribution in [3.05, 3.63) is 35.6 Å². The number of amides is 1. The standard InChI is InChI=1S/C17H23FN2O3/c1-12(17(22)23-2)20-9-7-15(8-10-20)19-16(21)11-13-3-5-14(18)6-4-13/h3-6,12,15H,7-11H2,1-2H3,(H,19,21)/t12-/m1/s1. The Bertz CT molecular complexity index is 539. The van der Waals surface area contributed by atoms with Crippen molar-refractivity contribution in [3.63, 3.8) is 0 Å². The molecule has 2 rings (SSSR count). The highest BCUT2D eigenvalue weighted by Crippen LogP contribution is 2.14. The zero-order valence-corrected chi connectivity index (χ0v) is 13.5. The lowest BCUT2D eigenvalue weighted by Crippen LogP contribution is -2.49. The van der Waals surface area contributed by atoms with Crippen LogP contribution in [0, 0.1) is 5.82 Å². The van der Waals surface area contributed by atoms with Crippen LogP contribution in [-0.4, -0.2) is 49.1 Å². The highest BCUT2D eigenvalue weighted by atomic mass is 19.1. The molecular weight excluding hydrogens is 299 g/mol. The van der Waals surface area contributed by atoms with Gasteiger partial charge >= 0.3 is 5.97 Å². The number of esters is 1. The molecule has 0 saturated carbocycles. The molecular formula is C17H23FN2O3. The van der Waals surface area contributed by atoms with Gasteiger partial charge in [0.2, 0.25) is 5.91 Å². The number of carbonyl (C=O) groups excluding carboxylic acids is 2. The maximum Gasteiger partial charge on any atom is 0.322 e. The summed E-state index contributed by atoms with van der Waals surface area (Å²) in [4.78, 5) is 25.6. The molecule has 23 heavy (non-hydrogen) atoms. The van der Waals surface area contributed by atoms with Gasteiger partial charge < -0.3 is 10.1 Å². The van der Waals surface area contributed by atoms with Gasteiger partial charge in [-0.3, -0.25) is 14.5 Å². The van der Waals surface area contributed by atoms with Crippen LogP contribution in [0.3, 0.4) is 0 Å². The Labute approximate surface area is 135 Å². The molecule has 0 bridgehead atoms. The summed E-state index contributed by atoms with van der Waals surface area (Å²) in [5, 5.41) is 3.01. The average molecular weight is 322 g/mol. The molecule has 126 valence electrons. The number of nitrogens with one attached hydrogen (secondary N) is 1. The average Bonchev–Trinajstić information content (AvgIpc) is 2.56. The molecule has 1 N–H and O–H groups in total. The van der Waals surface area contributed by atoms with Crippen molar-refractivity contribution in [2.24, 2.45) is 0 Å². The van der Waals surface area contributed by atoms with E-state index in [1.165, 1.54) is 19.2 Å². The van der Waals surface area contributed by atoms with E-state index in [9.17, 15) is 14.0 Å². The maximum atomic E-state index is 12.8. The topological polar surface area (TPSA) is 58.6 Å². The van der Waals surface area contributed by atoms with Gasteiger partial charge in [-0.05, 0) is 37.5 Å². The molecule has 0 spiro atoms. The molecule has 1 atom stereocenters. The molecule has 5 nitrogen and oxygen atoms in total. The lowest BCUT2D eigenvalue weighted by atomic mass is 10.0. The van der Waals surface area contributed by atoms with E-state index in [4.69, 9.17) is 4.74 Å². The minimum Gasteiger partial charge on any atom is -0.468 e. The smallest absolute Gasteiger partial charge is 0.322 e. The van der Waals surface area contributed by atoms with Crippen molar-refractivity contribution in [3.8, 4) is 0 Å². The molecule has 1 heterocycles. The number of halogens is 1. The number of ether oxygens (including phenoxy) is 1. The zero-order valence-electron chi connectivity index (χ0n) is 13.5. The molecule has 1 aliphatic rings. The number of piperidine rings is 1. The van der Waals surface area contributed by atoms with E-state index in [-0.39, 0.29) is 36.2 Å². The lowest BCUT2D eigenvalue weighted by Gasteiger charge is -2.35. The molecule has 0 radical (unpaired) electrons. The predicted octanol–water partition coefficient (Wildman–Crippen LogP) is 1.51. The van der Waals surface area contributed by atoms with E-state index in [1.54, 1.807) is 12.1 Å². The van der Waals surface area contributed by atoms with E-state index < -0.39 is 0 Å². The Morgan fingerprint density at radius 2 is 1.91 bits per heavy atom. The molecule has 1 saturated heterocycles. The fraction of sp³-hybridized carbons (Fsp3) is 0.529. The summed E-state index contributed by atoms with van der Waals surface area (Å²) in [5.74, 6) is -0.596. The minimum atomic E-state index is -0.304. The van der Waals surface area contributed by atoms with Crippen LogP contribution in [0.4, 0.5) is 4.39 Å². The molecule has 0 aromatic heterocycles. The van der Waals surface area contributed by atoms with Crippen LogP contribution in [0.25, 0.3) is 0 Å². The summed E-state index contributed by atoms with van der Waals surface area (Å²) in [5.41, 5.74) is 0.792. The molecule has 1 aromatic carbocycles. The fourth-order valence-electron chi connectivity index (χ4n) is 2.82. The van der Waals surface area contributed by atoms with Crippen molar-refractivity contribution in [1.29, 1.82) is 0 Å². The normalized spacial score (nSPS) is 17.5. The lowest BCUT2D eigenvalue weighted by molar-refractivity contribution is -0.146. The number of nitrogens with zero attached hydrogens (tertiary/aromatic N) is 1. The first kappa shape index (κ1) is 17.4. The first-order chi connectivity index (χ1) is 11.0. The van der Waals surface area contributed by atoms with Gasteiger partial charge in [-0.15, -0.1) is 0 Å². The highest BCUT2D eigenvalue weighted by Gasteiger charge is 2.27. The maximum absolute atomic E-state index is 12.8. The Hall–Kier alpha value is -1.95. The van der Waals surface area contributed by atoms with Crippen molar-refractivity contribution < 1.29 is 18.7 Å². The second-order valence-electron chi connectivity index (χ2n) is 5.88. The second kappa shape index (κ2) is 8.06. The molecule has 6 heteroatoms. The highest BCUT2D eigenvalue weighted by molar-refractivity contribution is 5.78. The number of benzene rings is 1. The van der Waals surface area contributed by atoms with Crippen LogP contribution in [0.1, 0.15) is 25.3 Å². The van der Waals surface area contributed by atoms with Crippen LogP contribution in [0.2, 0.25) is 0 Å². The predicted molar refractivity (Wildman–Crippen MR) is 84.3 cm³/mol. The Balaban J connectivity index is 1.76. The molecule has 1 fully saturated rings. The summed E-state index contributed by atoms with van der Waals surface area (Å²) in [7, 11) is 1.39. The molecule has 1 amide bonds. The van der Waals surface area contributed by atoms with Crippen molar-refractivity contribution in [1.82, 2.24) is 10.2 Å². The van der Waals surface area contributed by atoms with Gasteiger partial charge in [0, 0.05) is 19.1 Å². The van der Waals surface area contributed by atoms with E-state index in [1.807, 2.05) is 6.92 Å². The van der Waals surface area contributed by atoms with Gasteiger partial charge in [-0.25, -0.2) is 4.39 Å². The molecule has 0 unspecified atom stereocenters. The largest absolute Gasteiger partial charge is 0.468 e. The third-order valence-electron chi connectivity index (χ3n) is 4.26. The van der Waals surface area contributed by atoms with Crippen LogP contribution in [0.15, 0.2) is 24.3 Å². The van der Waals surface area contributed by atoms with Crippen molar-refractivity contribution in [2.75, 3.05) is 20.2 Å². The fourth-order valence-corrected chi connectivity index (χ4v) is 2.82. The van der Waals surface area contributed by atoms with Gasteiger partial charge in [0.25, 0.3) is 0 Å². The van der Waals surface area contributed by atoms with Gasteiger partial charge in [0.15, 0.2) is 0 Å². The summed E-state index contributed by atoms with van der Waals surface area (Å²) >= 11 is 0. The summed E-state index contributed by atoms with van der Waals surface area (Å²) in [6, 6.07) is 5.82. The summed E-state index contributed by atoms with van der Waals surface area (Å²) in [6.45, 7) is 3.33. The summed E-state index contributed by atoms with van der Waals surface area (Å²) in [6.07, 6.45) is 1.85. The second-order valence-corrected chi connectivity index (χ2v) is 5.88. The van der Waals surface area contributed by atoms with Crippen molar-refractivity contribution >= 4 is 11.9 Å². The SMILES string of the molecule is COC(=O)[C@@H](C)N1CCC(NC(=O)Cc2ccc(F)cc2)CC1. The quantitative estimate of drug-likeness (QED) is 0.835. The van der Waals surface area contributed by atoms with E-state index in [0.717, 1.165) is 31.5 Å². The Morgan fingerprint density at radius 1 is 1.30 bits per heavy atom. The van der Waals surface area contributed by atoms with Gasteiger partial charge in [-0.1, -0.05) is 12.1 Å². The van der Waals surface area contributed by atoms with Crippen molar-refractivity contribution in [2.45, 2.75) is 38.3 Å². The Morgan fingerprint density at radius 3 is 2.48 bits per heavy atom. The first-order valence-electron chi connectivity index (χ1n) is 7.85. The zero-order chi connectivity index (χ0) is 16.8. The number of methoxy groups -OCH3 is 1. The Kier molecular flexibility index (Phi) is 6.10. The van der Waals surface area contributed by atoms with Crippen LogP contribution in [-0.2, 0) is 20.7 Å².